The lowest BCUT2D eigenvalue weighted by Gasteiger charge is -2.10. The largest absolute Gasteiger partial charge is 0.344 e. The molecule has 0 saturated carbocycles. The van der Waals surface area contributed by atoms with E-state index in [0.29, 0.717) is 6.42 Å². The van der Waals surface area contributed by atoms with Crippen LogP contribution in [0.5, 0.6) is 0 Å². The van der Waals surface area contributed by atoms with Gasteiger partial charge < -0.3 is 10.6 Å². The molecule has 1 saturated heterocycles. The summed E-state index contributed by atoms with van der Waals surface area (Å²) in [6.07, 6.45) is 1.86. The number of aryl methyl sites for hydroxylation is 1. The van der Waals surface area contributed by atoms with Gasteiger partial charge in [0, 0.05) is 12.2 Å². The van der Waals surface area contributed by atoms with Gasteiger partial charge in [-0.15, -0.1) is 0 Å². The number of nitrogens with zero attached hydrogens (tertiary/aromatic N) is 1. The Bertz CT molecular complexity index is 642. The molecule has 0 radical (unpaired) electrons. The van der Waals surface area contributed by atoms with Gasteiger partial charge in [0.05, 0.1) is 11.5 Å². The van der Waals surface area contributed by atoms with Gasteiger partial charge in [0.1, 0.15) is 5.82 Å². The van der Waals surface area contributed by atoms with E-state index in [4.69, 9.17) is 0 Å². The molecular formula is C12H15N3O4S. The molecule has 108 valence electrons. The molecule has 1 unspecified atom stereocenters. The number of aromatic nitrogens is 1. The van der Waals surface area contributed by atoms with Crippen molar-refractivity contribution in [3.63, 3.8) is 0 Å². The number of hydrogen-bond acceptors (Lipinski definition) is 5. The van der Waals surface area contributed by atoms with Gasteiger partial charge in [0.15, 0.2) is 9.84 Å². The van der Waals surface area contributed by atoms with Gasteiger partial charge >= 0.3 is 11.8 Å². The first-order chi connectivity index (χ1) is 9.35. The number of hydrogen-bond donors (Lipinski definition) is 2. The molecule has 0 aliphatic carbocycles. The van der Waals surface area contributed by atoms with Crippen molar-refractivity contribution < 1.29 is 18.0 Å². The van der Waals surface area contributed by atoms with Gasteiger partial charge in [0.2, 0.25) is 0 Å². The van der Waals surface area contributed by atoms with Crippen LogP contribution in [0.1, 0.15) is 12.0 Å². The van der Waals surface area contributed by atoms with E-state index in [1.165, 1.54) is 6.20 Å². The van der Waals surface area contributed by atoms with Crippen molar-refractivity contribution in [1.82, 2.24) is 10.3 Å². The summed E-state index contributed by atoms with van der Waals surface area (Å²) >= 11 is 0. The number of pyridine rings is 1. The van der Waals surface area contributed by atoms with E-state index in [1.54, 1.807) is 12.1 Å². The number of nitrogens with one attached hydrogen (secondary N) is 2. The summed E-state index contributed by atoms with van der Waals surface area (Å²) in [5.41, 5.74) is 0.901. The minimum Gasteiger partial charge on any atom is -0.344 e. The third-order valence-electron chi connectivity index (χ3n) is 2.93. The van der Waals surface area contributed by atoms with Crippen molar-refractivity contribution in [2.24, 2.45) is 0 Å². The van der Waals surface area contributed by atoms with Crippen LogP contribution in [-0.4, -0.2) is 42.8 Å². The van der Waals surface area contributed by atoms with Crippen LogP contribution >= 0.6 is 0 Å². The first-order valence-electron chi connectivity index (χ1n) is 6.11. The maximum Gasteiger partial charge on any atom is 0.314 e. The Kier molecular flexibility index (Phi) is 4.03. The highest BCUT2D eigenvalue weighted by atomic mass is 32.2. The number of anilines is 1. The lowest BCUT2D eigenvalue weighted by Crippen LogP contribution is -2.42. The molecule has 2 N–H and O–H groups in total. The Labute approximate surface area is 116 Å². The summed E-state index contributed by atoms with van der Waals surface area (Å²) in [6.45, 7) is 1.83. The molecule has 7 nitrogen and oxygen atoms in total. The number of carbonyl (C=O) groups is 2. The molecule has 0 bridgehead atoms. The second kappa shape index (κ2) is 5.58. The second-order valence-electron chi connectivity index (χ2n) is 4.75. The van der Waals surface area contributed by atoms with Crippen molar-refractivity contribution in [2.45, 2.75) is 19.4 Å². The van der Waals surface area contributed by atoms with E-state index in [0.717, 1.165) is 5.56 Å². The third-order valence-corrected chi connectivity index (χ3v) is 4.70. The minimum atomic E-state index is -3.09. The molecule has 0 spiro atoms. The molecule has 20 heavy (non-hydrogen) atoms. The Balaban J connectivity index is 1.91. The number of amides is 2. The Morgan fingerprint density at radius 2 is 2.10 bits per heavy atom. The van der Waals surface area contributed by atoms with Gasteiger partial charge in [0.25, 0.3) is 0 Å². The van der Waals surface area contributed by atoms with Crippen LogP contribution in [0.25, 0.3) is 0 Å². The van der Waals surface area contributed by atoms with Crippen molar-refractivity contribution in [2.75, 3.05) is 16.8 Å². The van der Waals surface area contributed by atoms with Crippen molar-refractivity contribution in [1.29, 1.82) is 0 Å². The summed E-state index contributed by atoms with van der Waals surface area (Å²) < 4.78 is 22.5. The van der Waals surface area contributed by atoms with Crippen molar-refractivity contribution in [3.05, 3.63) is 23.9 Å². The number of rotatable bonds is 2. The molecule has 1 aromatic rings. The predicted octanol–water partition coefficient (Wildman–Crippen LogP) is -0.368. The number of carbonyl (C=O) groups excluding carboxylic acids is 2. The third kappa shape index (κ3) is 3.77. The smallest absolute Gasteiger partial charge is 0.314 e. The topological polar surface area (TPSA) is 105 Å². The highest BCUT2D eigenvalue weighted by Gasteiger charge is 2.30. The molecule has 2 amide bonds. The molecule has 2 rings (SSSR count). The molecule has 1 aromatic heterocycles. The SMILES string of the molecule is Cc1ccnc(NC(=O)C(=O)NC2CCS(=O)(=O)C2)c1. The normalized spacial score (nSPS) is 20.4. The molecule has 1 atom stereocenters. The fraction of sp³-hybridized carbons (Fsp3) is 0.417. The van der Waals surface area contributed by atoms with E-state index >= 15 is 0 Å². The van der Waals surface area contributed by atoms with Crippen LogP contribution < -0.4 is 10.6 Å². The fourth-order valence-corrected chi connectivity index (χ4v) is 3.61. The van der Waals surface area contributed by atoms with Crippen LogP contribution in [0.15, 0.2) is 18.3 Å². The van der Waals surface area contributed by atoms with Gasteiger partial charge in [-0.1, -0.05) is 0 Å². The Morgan fingerprint density at radius 3 is 2.70 bits per heavy atom. The second-order valence-corrected chi connectivity index (χ2v) is 6.97. The van der Waals surface area contributed by atoms with Crippen LogP contribution in [0, 0.1) is 6.92 Å². The zero-order chi connectivity index (χ0) is 14.8. The minimum absolute atomic E-state index is 0.0407. The van der Waals surface area contributed by atoms with E-state index in [2.05, 4.69) is 15.6 Å². The highest BCUT2D eigenvalue weighted by Crippen LogP contribution is 2.11. The molecular weight excluding hydrogens is 282 g/mol. The zero-order valence-corrected chi connectivity index (χ0v) is 11.7. The lowest BCUT2D eigenvalue weighted by atomic mass is 10.2. The molecule has 2 heterocycles. The standard InChI is InChI=1S/C12H15N3O4S/c1-8-2-4-13-10(6-8)15-12(17)11(16)14-9-3-5-20(18,19)7-9/h2,4,6,9H,3,5,7H2,1H3,(H,14,16)(H,13,15,17). The van der Waals surface area contributed by atoms with E-state index in [1.807, 2.05) is 6.92 Å². The Morgan fingerprint density at radius 1 is 1.35 bits per heavy atom. The summed E-state index contributed by atoms with van der Waals surface area (Å²) in [7, 11) is -3.09. The Hall–Kier alpha value is -1.96. The maximum absolute atomic E-state index is 11.7. The zero-order valence-electron chi connectivity index (χ0n) is 10.9. The first-order valence-corrected chi connectivity index (χ1v) is 7.93. The fourth-order valence-electron chi connectivity index (χ4n) is 1.94. The average molecular weight is 297 g/mol. The molecule has 1 aliphatic heterocycles. The summed E-state index contributed by atoms with van der Waals surface area (Å²) in [6, 6.07) is 2.90. The van der Waals surface area contributed by atoms with Gasteiger partial charge in [-0.25, -0.2) is 13.4 Å². The quantitative estimate of drug-likeness (QED) is 0.725. The molecule has 1 fully saturated rings. The van der Waals surface area contributed by atoms with E-state index in [-0.39, 0.29) is 17.3 Å². The summed E-state index contributed by atoms with van der Waals surface area (Å²) in [5, 5.41) is 4.78. The average Bonchev–Trinajstić information content (AvgIpc) is 2.68. The van der Waals surface area contributed by atoms with Crippen LogP contribution in [0.2, 0.25) is 0 Å². The van der Waals surface area contributed by atoms with E-state index < -0.39 is 27.7 Å². The maximum atomic E-state index is 11.7. The van der Waals surface area contributed by atoms with Gasteiger partial charge in [-0.3, -0.25) is 9.59 Å². The molecule has 8 heteroatoms. The first kappa shape index (κ1) is 14.4. The van der Waals surface area contributed by atoms with Crippen LogP contribution in [0.4, 0.5) is 5.82 Å². The highest BCUT2D eigenvalue weighted by molar-refractivity contribution is 7.91. The molecule has 1 aliphatic rings. The summed E-state index contributed by atoms with van der Waals surface area (Å²) in [4.78, 5) is 27.2. The van der Waals surface area contributed by atoms with Crippen molar-refractivity contribution >= 4 is 27.5 Å². The van der Waals surface area contributed by atoms with Gasteiger partial charge in [-0.2, -0.15) is 0 Å². The lowest BCUT2D eigenvalue weighted by molar-refractivity contribution is -0.136. The summed E-state index contributed by atoms with van der Waals surface area (Å²) in [5.74, 6) is -1.50. The molecule has 0 aromatic carbocycles. The monoisotopic (exact) mass is 297 g/mol. The predicted molar refractivity (Wildman–Crippen MR) is 72.8 cm³/mol. The van der Waals surface area contributed by atoms with Crippen LogP contribution in [-0.2, 0) is 19.4 Å². The van der Waals surface area contributed by atoms with Crippen molar-refractivity contribution in [3.8, 4) is 0 Å². The van der Waals surface area contributed by atoms with Gasteiger partial charge in [-0.05, 0) is 31.0 Å². The number of sulfone groups is 1. The van der Waals surface area contributed by atoms with E-state index in [9.17, 15) is 18.0 Å². The van der Waals surface area contributed by atoms with Crippen LogP contribution in [0.3, 0.4) is 0 Å².